The topological polar surface area (TPSA) is 63.2 Å². The predicted molar refractivity (Wildman–Crippen MR) is 88.3 cm³/mol. The Morgan fingerprint density at radius 2 is 2.09 bits per heavy atom. The SMILES string of the molecule is Cc1nc([C@H](C)NC(=O)N[C@@H](C)COc2ccccc2F)cs1. The fourth-order valence-electron chi connectivity index (χ4n) is 1.93. The van der Waals surface area contributed by atoms with E-state index in [0.717, 1.165) is 10.7 Å². The second kappa shape index (κ2) is 7.92. The average Bonchev–Trinajstić information content (AvgIpc) is 2.93. The number of benzene rings is 1. The fourth-order valence-corrected chi connectivity index (χ4v) is 2.64. The lowest BCUT2D eigenvalue weighted by molar-refractivity contribution is 0.222. The first-order chi connectivity index (χ1) is 11.0. The smallest absolute Gasteiger partial charge is 0.315 e. The van der Waals surface area contributed by atoms with Crippen LogP contribution in [0.1, 0.15) is 30.6 Å². The molecule has 0 saturated carbocycles. The number of rotatable bonds is 6. The quantitative estimate of drug-likeness (QED) is 0.849. The minimum Gasteiger partial charge on any atom is -0.488 e. The van der Waals surface area contributed by atoms with Crippen LogP contribution in [0.25, 0.3) is 0 Å². The van der Waals surface area contributed by atoms with Crippen molar-refractivity contribution >= 4 is 17.4 Å². The molecule has 2 atom stereocenters. The molecule has 2 aromatic rings. The summed E-state index contributed by atoms with van der Waals surface area (Å²) >= 11 is 1.54. The van der Waals surface area contributed by atoms with Gasteiger partial charge in [0.15, 0.2) is 11.6 Å². The number of para-hydroxylation sites is 1. The molecule has 1 aromatic carbocycles. The molecule has 5 nitrogen and oxygen atoms in total. The van der Waals surface area contributed by atoms with Crippen molar-refractivity contribution in [3.05, 3.63) is 46.2 Å². The van der Waals surface area contributed by atoms with Gasteiger partial charge in [-0.1, -0.05) is 12.1 Å². The van der Waals surface area contributed by atoms with E-state index in [4.69, 9.17) is 4.74 Å². The second-order valence-electron chi connectivity index (χ2n) is 5.27. The molecule has 0 bridgehead atoms. The van der Waals surface area contributed by atoms with E-state index >= 15 is 0 Å². The van der Waals surface area contributed by atoms with Gasteiger partial charge in [-0.15, -0.1) is 11.3 Å². The van der Waals surface area contributed by atoms with Crippen LogP contribution in [0.5, 0.6) is 5.75 Å². The van der Waals surface area contributed by atoms with Crippen molar-refractivity contribution in [3.63, 3.8) is 0 Å². The summed E-state index contributed by atoms with van der Waals surface area (Å²) < 4.78 is 18.8. The number of aryl methyl sites for hydroxylation is 1. The predicted octanol–water partition coefficient (Wildman–Crippen LogP) is 3.42. The molecule has 0 aliphatic heterocycles. The molecule has 23 heavy (non-hydrogen) atoms. The first-order valence-corrected chi connectivity index (χ1v) is 8.20. The Morgan fingerprint density at radius 3 is 2.74 bits per heavy atom. The fraction of sp³-hybridized carbons (Fsp3) is 0.375. The number of ether oxygens (including phenoxy) is 1. The van der Waals surface area contributed by atoms with Gasteiger partial charge >= 0.3 is 6.03 Å². The summed E-state index contributed by atoms with van der Waals surface area (Å²) in [6.07, 6.45) is 0. The Labute approximate surface area is 138 Å². The summed E-state index contributed by atoms with van der Waals surface area (Å²) in [5.74, 6) is -0.246. The second-order valence-corrected chi connectivity index (χ2v) is 6.34. The first-order valence-electron chi connectivity index (χ1n) is 7.32. The van der Waals surface area contributed by atoms with Gasteiger partial charge in [0.2, 0.25) is 0 Å². The largest absolute Gasteiger partial charge is 0.488 e. The summed E-state index contributed by atoms with van der Waals surface area (Å²) in [7, 11) is 0. The number of urea groups is 1. The number of carbonyl (C=O) groups is 1. The maximum Gasteiger partial charge on any atom is 0.315 e. The maximum atomic E-state index is 13.4. The number of aromatic nitrogens is 1. The molecule has 0 unspecified atom stereocenters. The molecule has 0 spiro atoms. The number of nitrogens with zero attached hydrogens (tertiary/aromatic N) is 1. The standard InChI is InChI=1S/C16H20FN3O2S/c1-10(8-22-15-7-5-4-6-13(15)17)18-16(21)19-11(2)14-9-23-12(3)20-14/h4-7,9-11H,8H2,1-3H3,(H2,18,19,21)/t10-,11-/m0/s1. The zero-order valence-corrected chi connectivity index (χ0v) is 14.1. The number of thiazole rings is 1. The van der Waals surface area contributed by atoms with Crippen LogP contribution in [-0.2, 0) is 0 Å². The zero-order chi connectivity index (χ0) is 16.8. The van der Waals surface area contributed by atoms with Crippen LogP contribution < -0.4 is 15.4 Å². The number of hydrogen-bond donors (Lipinski definition) is 2. The third-order valence-corrected chi connectivity index (χ3v) is 3.92. The number of carbonyl (C=O) groups excluding carboxylic acids is 1. The third-order valence-electron chi connectivity index (χ3n) is 3.13. The highest BCUT2D eigenvalue weighted by Crippen LogP contribution is 2.16. The van der Waals surface area contributed by atoms with Crippen LogP contribution in [0, 0.1) is 12.7 Å². The van der Waals surface area contributed by atoms with Gasteiger partial charge in [-0.2, -0.15) is 0 Å². The Kier molecular flexibility index (Phi) is 5.92. The molecule has 7 heteroatoms. The molecule has 0 fully saturated rings. The van der Waals surface area contributed by atoms with Crippen molar-refractivity contribution in [1.29, 1.82) is 0 Å². The lowest BCUT2D eigenvalue weighted by Crippen LogP contribution is -2.44. The Hall–Kier alpha value is -2.15. The number of hydrogen-bond acceptors (Lipinski definition) is 4. The summed E-state index contributed by atoms with van der Waals surface area (Å²) in [4.78, 5) is 16.3. The minimum atomic E-state index is -0.420. The molecule has 2 N–H and O–H groups in total. The Balaban J connectivity index is 1.77. The molecule has 2 amide bonds. The van der Waals surface area contributed by atoms with Crippen LogP contribution in [0.3, 0.4) is 0 Å². The third kappa shape index (κ3) is 5.21. The molecule has 124 valence electrons. The highest BCUT2D eigenvalue weighted by molar-refractivity contribution is 7.09. The van der Waals surface area contributed by atoms with E-state index in [1.807, 2.05) is 19.2 Å². The molecule has 0 saturated heterocycles. The van der Waals surface area contributed by atoms with Crippen LogP contribution in [0.2, 0.25) is 0 Å². The average molecular weight is 337 g/mol. The summed E-state index contributed by atoms with van der Waals surface area (Å²) in [6.45, 7) is 5.76. The highest BCUT2D eigenvalue weighted by atomic mass is 32.1. The van der Waals surface area contributed by atoms with E-state index in [1.165, 1.54) is 6.07 Å². The van der Waals surface area contributed by atoms with Gasteiger partial charge in [-0.3, -0.25) is 0 Å². The van der Waals surface area contributed by atoms with Crippen LogP contribution in [0.4, 0.5) is 9.18 Å². The van der Waals surface area contributed by atoms with Crippen LogP contribution in [0.15, 0.2) is 29.6 Å². The van der Waals surface area contributed by atoms with Gasteiger partial charge in [-0.25, -0.2) is 14.2 Å². The summed E-state index contributed by atoms with van der Waals surface area (Å²) in [5, 5.41) is 8.45. The lowest BCUT2D eigenvalue weighted by Gasteiger charge is -2.18. The Bertz CT molecular complexity index is 662. The normalized spacial score (nSPS) is 13.2. The highest BCUT2D eigenvalue weighted by Gasteiger charge is 2.14. The minimum absolute atomic E-state index is 0.174. The van der Waals surface area contributed by atoms with Crippen molar-refractivity contribution in [2.45, 2.75) is 32.9 Å². The van der Waals surface area contributed by atoms with Crippen molar-refractivity contribution in [3.8, 4) is 5.75 Å². The van der Waals surface area contributed by atoms with Crippen molar-refractivity contribution in [2.24, 2.45) is 0 Å². The molecule has 1 aromatic heterocycles. The molecule has 2 rings (SSSR count). The van der Waals surface area contributed by atoms with Gasteiger partial charge in [0.05, 0.1) is 22.8 Å². The maximum absolute atomic E-state index is 13.4. The van der Waals surface area contributed by atoms with Gasteiger partial charge in [0, 0.05) is 5.38 Å². The molecular weight excluding hydrogens is 317 g/mol. The number of amides is 2. The lowest BCUT2D eigenvalue weighted by atomic mass is 10.2. The number of nitrogens with one attached hydrogen (secondary N) is 2. The van der Waals surface area contributed by atoms with Crippen molar-refractivity contribution in [2.75, 3.05) is 6.61 Å². The van der Waals surface area contributed by atoms with Gasteiger partial charge in [0.1, 0.15) is 6.61 Å². The molecule has 1 heterocycles. The summed E-state index contributed by atoms with van der Waals surface area (Å²) in [5.41, 5.74) is 0.831. The molecule has 0 aliphatic carbocycles. The van der Waals surface area contributed by atoms with Gasteiger partial charge in [-0.05, 0) is 32.9 Å². The van der Waals surface area contributed by atoms with Crippen LogP contribution in [-0.4, -0.2) is 23.7 Å². The van der Waals surface area contributed by atoms with E-state index in [0.29, 0.717) is 0 Å². The van der Waals surface area contributed by atoms with Gasteiger partial charge in [0.25, 0.3) is 0 Å². The molecule has 0 radical (unpaired) electrons. The van der Waals surface area contributed by atoms with E-state index < -0.39 is 5.82 Å². The van der Waals surface area contributed by atoms with Gasteiger partial charge < -0.3 is 15.4 Å². The monoisotopic (exact) mass is 337 g/mol. The molecule has 0 aliphatic rings. The zero-order valence-electron chi connectivity index (χ0n) is 13.3. The van der Waals surface area contributed by atoms with E-state index in [1.54, 1.807) is 36.5 Å². The van der Waals surface area contributed by atoms with E-state index in [9.17, 15) is 9.18 Å². The van der Waals surface area contributed by atoms with Crippen molar-refractivity contribution < 1.29 is 13.9 Å². The number of halogens is 1. The van der Waals surface area contributed by atoms with E-state index in [2.05, 4.69) is 15.6 Å². The Morgan fingerprint density at radius 1 is 1.35 bits per heavy atom. The summed E-state index contributed by atoms with van der Waals surface area (Å²) in [6, 6.07) is 5.41. The van der Waals surface area contributed by atoms with Crippen molar-refractivity contribution in [1.82, 2.24) is 15.6 Å². The van der Waals surface area contributed by atoms with E-state index in [-0.39, 0.29) is 30.5 Å². The first kappa shape index (κ1) is 17.2. The van der Waals surface area contributed by atoms with Crippen LogP contribution >= 0.6 is 11.3 Å². The molecular formula is C16H20FN3O2S.